The molecule has 3 heterocycles. The van der Waals surface area contributed by atoms with E-state index in [0.29, 0.717) is 10.7 Å². The molecule has 0 N–H and O–H groups in total. The molecule has 9 heteroatoms. The Bertz CT molecular complexity index is 640. The van der Waals surface area contributed by atoms with Crippen molar-refractivity contribution in [2.75, 3.05) is 23.0 Å². The first-order chi connectivity index (χ1) is 8.63. The van der Waals surface area contributed by atoms with Crippen molar-refractivity contribution in [3.8, 4) is 0 Å². The molecule has 3 rings (SSSR count). The van der Waals surface area contributed by atoms with Crippen LogP contribution in [0.5, 0.6) is 0 Å². The van der Waals surface area contributed by atoms with Crippen molar-refractivity contribution in [1.82, 2.24) is 4.90 Å². The van der Waals surface area contributed by atoms with Crippen molar-refractivity contribution >= 4 is 48.0 Å². The van der Waals surface area contributed by atoms with Crippen LogP contribution in [-0.2, 0) is 19.7 Å². The van der Waals surface area contributed by atoms with Crippen LogP contribution in [0.3, 0.4) is 0 Å². The summed E-state index contributed by atoms with van der Waals surface area (Å²) in [7, 11) is -6.05. The summed E-state index contributed by atoms with van der Waals surface area (Å²) in [5.74, 6) is 0.490. The lowest BCUT2D eigenvalue weighted by atomic mass is 9.97. The molecule has 0 radical (unpaired) electrons. The second-order valence-corrected chi connectivity index (χ2v) is 11.9. The molecule has 108 valence electrons. The van der Waals surface area contributed by atoms with Crippen molar-refractivity contribution in [1.29, 1.82) is 0 Å². The van der Waals surface area contributed by atoms with Crippen LogP contribution in [0, 0.1) is 0 Å². The Kier molecular flexibility index (Phi) is 3.03. The molecule has 0 aromatic heterocycles. The summed E-state index contributed by atoms with van der Waals surface area (Å²) in [5.41, 5.74) is -0.537. The number of fused-ring (bicyclic) bond motifs is 1. The molecule has 0 unspecified atom stereocenters. The summed E-state index contributed by atoms with van der Waals surface area (Å²) in [4.78, 5) is 1.91. The molecule has 0 aromatic rings. The minimum absolute atomic E-state index is 0.0618. The Labute approximate surface area is 122 Å². The fraction of sp³-hybridized carbons (Fsp3) is 0.900. The molecule has 0 aliphatic carbocycles. The maximum Gasteiger partial charge on any atom is 0.153 e. The molecule has 0 aromatic carbocycles. The van der Waals surface area contributed by atoms with E-state index in [1.165, 1.54) is 11.8 Å². The van der Waals surface area contributed by atoms with E-state index in [4.69, 9.17) is 12.2 Å². The molecule has 0 spiro atoms. The zero-order chi connectivity index (χ0) is 14.1. The summed E-state index contributed by atoms with van der Waals surface area (Å²) in [6.07, 6.45) is 0.547. The first kappa shape index (κ1) is 14.1. The molecule has 5 nitrogen and oxygen atoms in total. The van der Waals surface area contributed by atoms with Gasteiger partial charge in [0, 0.05) is 11.3 Å². The van der Waals surface area contributed by atoms with Gasteiger partial charge in [0.2, 0.25) is 0 Å². The van der Waals surface area contributed by atoms with Crippen molar-refractivity contribution in [2.45, 2.75) is 30.2 Å². The normalized spacial score (nSPS) is 43.6. The molecule has 19 heavy (non-hydrogen) atoms. The van der Waals surface area contributed by atoms with Gasteiger partial charge in [0.1, 0.15) is 4.32 Å². The Balaban J connectivity index is 1.95. The number of hydrogen-bond donors (Lipinski definition) is 0. The van der Waals surface area contributed by atoms with Crippen LogP contribution in [0.15, 0.2) is 0 Å². The predicted molar refractivity (Wildman–Crippen MR) is 79.9 cm³/mol. The van der Waals surface area contributed by atoms with Crippen molar-refractivity contribution < 1.29 is 16.8 Å². The largest absolute Gasteiger partial charge is 0.346 e. The molecule has 3 aliphatic rings. The van der Waals surface area contributed by atoms with Gasteiger partial charge in [-0.15, -0.1) is 0 Å². The number of thioether (sulfide) groups is 1. The van der Waals surface area contributed by atoms with Gasteiger partial charge in [0.05, 0.1) is 28.6 Å². The van der Waals surface area contributed by atoms with E-state index >= 15 is 0 Å². The van der Waals surface area contributed by atoms with Crippen LogP contribution in [0.1, 0.15) is 13.3 Å². The second kappa shape index (κ2) is 4.08. The van der Waals surface area contributed by atoms with E-state index in [9.17, 15) is 16.8 Å². The Morgan fingerprint density at radius 1 is 1.26 bits per heavy atom. The van der Waals surface area contributed by atoms with Crippen LogP contribution >= 0.6 is 24.0 Å². The fourth-order valence-corrected chi connectivity index (χ4v) is 10.1. The third kappa shape index (κ3) is 2.22. The third-order valence-electron chi connectivity index (χ3n) is 4.17. The summed E-state index contributed by atoms with van der Waals surface area (Å²) >= 11 is 6.77. The van der Waals surface area contributed by atoms with Crippen LogP contribution < -0.4 is 0 Å². The van der Waals surface area contributed by atoms with Crippen LogP contribution in [0.25, 0.3) is 0 Å². The lowest BCUT2D eigenvalue weighted by molar-refractivity contribution is 0.197. The monoisotopic (exact) mass is 341 g/mol. The third-order valence-corrected chi connectivity index (χ3v) is 9.84. The molecular weight excluding hydrogens is 326 g/mol. The summed E-state index contributed by atoms with van der Waals surface area (Å²) < 4.78 is 47.6. The fourth-order valence-electron chi connectivity index (χ4n) is 3.33. The van der Waals surface area contributed by atoms with E-state index < -0.39 is 25.2 Å². The lowest BCUT2D eigenvalue weighted by Crippen LogP contribution is -2.54. The maximum atomic E-state index is 11.8. The SMILES string of the molecule is C[C@]12CS(=O)(=O)C[C@H]1SC(=S)N2[C@@H]1CCS(=O)(=O)C1. The topological polar surface area (TPSA) is 71.5 Å². The second-order valence-electron chi connectivity index (χ2n) is 5.71. The van der Waals surface area contributed by atoms with Crippen molar-refractivity contribution in [3.05, 3.63) is 0 Å². The maximum absolute atomic E-state index is 11.8. The lowest BCUT2D eigenvalue weighted by Gasteiger charge is -2.38. The van der Waals surface area contributed by atoms with E-state index in [2.05, 4.69) is 0 Å². The molecule has 0 saturated carbocycles. The highest BCUT2D eigenvalue weighted by Gasteiger charge is 2.59. The van der Waals surface area contributed by atoms with Gasteiger partial charge in [0.25, 0.3) is 0 Å². The van der Waals surface area contributed by atoms with Gasteiger partial charge in [-0.1, -0.05) is 24.0 Å². The van der Waals surface area contributed by atoms with Gasteiger partial charge in [-0.05, 0) is 13.3 Å². The van der Waals surface area contributed by atoms with Gasteiger partial charge in [0.15, 0.2) is 19.7 Å². The molecule has 0 bridgehead atoms. The molecule has 3 atom stereocenters. The standard InChI is InChI=1S/C10H15NO4S4/c1-10-6-19(14,15)5-8(10)17-9(16)11(10)7-2-3-18(12,13)4-7/h7-8H,2-6H2,1H3/t7-,8-,10+/m1/s1. The molecule has 0 amide bonds. The smallest absolute Gasteiger partial charge is 0.153 e. The highest BCUT2D eigenvalue weighted by molar-refractivity contribution is 8.24. The van der Waals surface area contributed by atoms with Gasteiger partial charge in [-0.2, -0.15) is 0 Å². The van der Waals surface area contributed by atoms with Crippen molar-refractivity contribution in [2.24, 2.45) is 0 Å². The van der Waals surface area contributed by atoms with Gasteiger partial charge in [-0.25, -0.2) is 16.8 Å². The number of hydrogen-bond acceptors (Lipinski definition) is 6. The van der Waals surface area contributed by atoms with Crippen molar-refractivity contribution in [3.63, 3.8) is 0 Å². The van der Waals surface area contributed by atoms with Crippen LogP contribution in [0.2, 0.25) is 0 Å². The minimum Gasteiger partial charge on any atom is -0.346 e. The summed E-state index contributed by atoms with van der Waals surface area (Å²) in [6.45, 7) is 1.90. The van der Waals surface area contributed by atoms with Crippen LogP contribution in [0.4, 0.5) is 0 Å². The van der Waals surface area contributed by atoms with Gasteiger partial charge >= 0.3 is 0 Å². The first-order valence-electron chi connectivity index (χ1n) is 6.04. The average Bonchev–Trinajstić information content (AvgIpc) is 2.72. The number of rotatable bonds is 1. The minimum atomic E-state index is -3.05. The van der Waals surface area contributed by atoms with E-state index in [0.717, 1.165) is 0 Å². The summed E-state index contributed by atoms with van der Waals surface area (Å²) in [5, 5.41) is -0.0618. The van der Waals surface area contributed by atoms with Gasteiger partial charge < -0.3 is 4.90 Å². The Morgan fingerprint density at radius 3 is 2.53 bits per heavy atom. The quantitative estimate of drug-likeness (QED) is 0.625. The highest BCUT2D eigenvalue weighted by atomic mass is 32.2. The number of thiocarbonyl (C=S) groups is 1. The first-order valence-corrected chi connectivity index (χ1v) is 11.0. The average molecular weight is 342 g/mol. The van der Waals surface area contributed by atoms with E-state index in [-0.39, 0.29) is 34.3 Å². The van der Waals surface area contributed by atoms with E-state index in [1.807, 2.05) is 11.8 Å². The Morgan fingerprint density at radius 2 is 1.95 bits per heavy atom. The number of nitrogens with zero attached hydrogens (tertiary/aromatic N) is 1. The molecule has 3 aliphatic heterocycles. The summed E-state index contributed by atoms with van der Waals surface area (Å²) in [6, 6.07) is -0.159. The van der Waals surface area contributed by atoms with Crippen LogP contribution in [-0.4, -0.2) is 65.9 Å². The predicted octanol–water partition coefficient (Wildman–Crippen LogP) is 0.0629. The Hall–Kier alpha value is 0.140. The number of sulfone groups is 2. The molecule has 3 fully saturated rings. The highest BCUT2D eigenvalue weighted by Crippen LogP contribution is 2.48. The van der Waals surface area contributed by atoms with E-state index in [1.54, 1.807) is 0 Å². The molecule has 3 saturated heterocycles. The van der Waals surface area contributed by atoms with Gasteiger partial charge in [-0.3, -0.25) is 0 Å². The molecular formula is C10H15NO4S4. The zero-order valence-corrected chi connectivity index (χ0v) is 13.7. The zero-order valence-electron chi connectivity index (χ0n) is 10.4.